The van der Waals surface area contributed by atoms with Gasteiger partial charge in [0.25, 0.3) is 0 Å². The fourth-order valence-corrected chi connectivity index (χ4v) is 2.20. The summed E-state index contributed by atoms with van der Waals surface area (Å²) >= 11 is 5.98. The highest BCUT2D eigenvalue weighted by Gasteiger charge is 2.10. The minimum Gasteiger partial charge on any atom is -0.366 e. The van der Waals surface area contributed by atoms with Crippen molar-refractivity contribution in [2.45, 2.75) is 38.6 Å². The van der Waals surface area contributed by atoms with E-state index in [9.17, 15) is 0 Å². The van der Waals surface area contributed by atoms with E-state index in [2.05, 4.69) is 22.3 Å². The van der Waals surface area contributed by atoms with Gasteiger partial charge >= 0.3 is 0 Å². The molecule has 0 amide bonds. The van der Waals surface area contributed by atoms with Crippen molar-refractivity contribution >= 4 is 22.9 Å². The number of alkyl halides is 1. The zero-order valence-electron chi connectivity index (χ0n) is 10.3. The molecule has 0 aliphatic carbocycles. The van der Waals surface area contributed by atoms with E-state index in [-0.39, 0.29) is 11.4 Å². The second-order valence-electron chi connectivity index (χ2n) is 4.45. The highest BCUT2D eigenvalue weighted by Crippen LogP contribution is 2.17. The monoisotopic (exact) mass is 252 g/mol. The molecule has 1 N–H and O–H groups in total. The Morgan fingerprint density at radius 2 is 2.24 bits per heavy atom. The van der Waals surface area contributed by atoms with E-state index in [0.717, 1.165) is 23.4 Å². The lowest BCUT2D eigenvalue weighted by Crippen LogP contribution is -2.19. The number of hydrogen-bond acceptors (Lipinski definition) is 3. The number of aryl methyl sites for hydroxylation is 1. The molecular weight excluding hydrogens is 236 g/mol. The number of fused-ring (bicyclic) bond motifs is 1. The van der Waals surface area contributed by atoms with Crippen molar-refractivity contribution < 1.29 is 0 Å². The molecule has 2 heterocycles. The molecule has 5 heteroatoms. The summed E-state index contributed by atoms with van der Waals surface area (Å²) in [7, 11) is 0. The highest BCUT2D eigenvalue weighted by atomic mass is 35.5. The second kappa shape index (κ2) is 4.92. The van der Waals surface area contributed by atoms with Crippen LogP contribution < -0.4 is 5.32 Å². The molecular formula is C12H17ClN4. The largest absolute Gasteiger partial charge is 0.366 e. The maximum Gasteiger partial charge on any atom is 0.152 e. The molecule has 0 radical (unpaired) electrons. The average molecular weight is 253 g/mol. The normalized spacial score (nSPS) is 14.8. The van der Waals surface area contributed by atoms with Gasteiger partial charge < -0.3 is 5.32 Å². The minimum atomic E-state index is 0.156. The number of nitrogens with zero attached hydrogens (tertiary/aromatic N) is 3. The number of aromatic nitrogens is 3. The van der Waals surface area contributed by atoms with Crippen LogP contribution in [0, 0.1) is 6.92 Å². The van der Waals surface area contributed by atoms with Crippen molar-refractivity contribution in [2.24, 2.45) is 0 Å². The third-order valence-electron chi connectivity index (χ3n) is 2.57. The van der Waals surface area contributed by atoms with Gasteiger partial charge in [0, 0.05) is 23.8 Å². The molecule has 0 saturated carbocycles. The second-order valence-corrected chi connectivity index (χ2v) is 5.20. The molecule has 92 valence electrons. The van der Waals surface area contributed by atoms with E-state index in [1.165, 1.54) is 0 Å². The van der Waals surface area contributed by atoms with E-state index in [1.54, 1.807) is 6.20 Å². The Kier molecular flexibility index (Phi) is 3.52. The van der Waals surface area contributed by atoms with E-state index in [0.29, 0.717) is 0 Å². The van der Waals surface area contributed by atoms with Crippen molar-refractivity contribution in [3.05, 3.63) is 24.2 Å². The quantitative estimate of drug-likeness (QED) is 0.851. The van der Waals surface area contributed by atoms with Crippen molar-refractivity contribution in [3.63, 3.8) is 0 Å². The third kappa shape index (κ3) is 2.88. The van der Waals surface area contributed by atoms with Crippen LogP contribution in [0.4, 0.5) is 5.82 Å². The van der Waals surface area contributed by atoms with Crippen molar-refractivity contribution in [3.8, 4) is 0 Å². The molecule has 2 aromatic heterocycles. The topological polar surface area (TPSA) is 42.2 Å². The van der Waals surface area contributed by atoms with Gasteiger partial charge in [-0.15, -0.1) is 11.6 Å². The molecule has 17 heavy (non-hydrogen) atoms. The zero-order valence-corrected chi connectivity index (χ0v) is 11.1. The summed E-state index contributed by atoms with van der Waals surface area (Å²) in [6.07, 6.45) is 4.50. The summed E-state index contributed by atoms with van der Waals surface area (Å²) < 4.78 is 1.83. The molecule has 0 aliphatic rings. The standard InChI is InChI=1S/C12H17ClN4/c1-8(13)6-9(2)15-12-11-7-10(3)16-17(11)5-4-14-12/h4-5,7-9H,6H2,1-3H3,(H,14,15). The maximum atomic E-state index is 5.98. The van der Waals surface area contributed by atoms with Crippen LogP contribution >= 0.6 is 11.6 Å². The number of nitrogens with one attached hydrogen (secondary N) is 1. The molecule has 2 rings (SSSR count). The van der Waals surface area contributed by atoms with Crippen LogP contribution in [0.3, 0.4) is 0 Å². The maximum absolute atomic E-state index is 5.98. The van der Waals surface area contributed by atoms with E-state index in [1.807, 2.05) is 30.6 Å². The van der Waals surface area contributed by atoms with Gasteiger partial charge in [0.15, 0.2) is 5.82 Å². The first kappa shape index (κ1) is 12.2. The summed E-state index contributed by atoms with van der Waals surface area (Å²) in [6.45, 7) is 6.07. The van der Waals surface area contributed by atoms with E-state index >= 15 is 0 Å². The fraction of sp³-hybridized carbons (Fsp3) is 0.500. The van der Waals surface area contributed by atoms with Crippen LogP contribution in [-0.2, 0) is 0 Å². The summed E-state index contributed by atoms with van der Waals surface area (Å²) in [5.41, 5.74) is 1.98. The Morgan fingerprint density at radius 3 is 2.94 bits per heavy atom. The van der Waals surface area contributed by atoms with Crippen molar-refractivity contribution in [1.82, 2.24) is 14.6 Å². The fourth-order valence-electron chi connectivity index (χ4n) is 1.94. The van der Waals surface area contributed by atoms with Gasteiger partial charge in [-0.05, 0) is 33.3 Å². The van der Waals surface area contributed by atoms with Gasteiger partial charge in [-0.25, -0.2) is 9.50 Å². The van der Waals surface area contributed by atoms with E-state index < -0.39 is 0 Å². The van der Waals surface area contributed by atoms with Crippen LogP contribution in [-0.4, -0.2) is 26.0 Å². The van der Waals surface area contributed by atoms with Gasteiger partial charge in [0.2, 0.25) is 0 Å². The molecule has 0 spiro atoms. The predicted molar refractivity (Wildman–Crippen MR) is 70.7 cm³/mol. The average Bonchev–Trinajstić information content (AvgIpc) is 2.58. The van der Waals surface area contributed by atoms with Crippen LogP contribution in [0.25, 0.3) is 5.52 Å². The molecule has 0 saturated heterocycles. The first-order valence-electron chi connectivity index (χ1n) is 5.78. The molecule has 0 aliphatic heterocycles. The molecule has 4 nitrogen and oxygen atoms in total. The number of rotatable bonds is 4. The zero-order chi connectivity index (χ0) is 12.4. The molecule has 0 bridgehead atoms. The molecule has 2 aromatic rings. The van der Waals surface area contributed by atoms with Crippen LogP contribution in [0.15, 0.2) is 18.5 Å². The van der Waals surface area contributed by atoms with Crippen LogP contribution in [0.2, 0.25) is 0 Å². The summed E-state index contributed by atoms with van der Waals surface area (Å²) in [5, 5.41) is 7.88. The summed E-state index contributed by atoms with van der Waals surface area (Å²) in [6, 6.07) is 2.31. The lowest BCUT2D eigenvalue weighted by Gasteiger charge is -2.15. The first-order chi connectivity index (χ1) is 8.06. The van der Waals surface area contributed by atoms with Gasteiger partial charge in [0.05, 0.1) is 5.69 Å². The van der Waals surface area contributed by atoms with Gasteiger partial charge in [0.1, 0.15) is 5.52 Å². The number of halogens is 1. The molecule has 2 unspecified atom stereocenters. The van der Waals surface area contributed by atoms with E-state index in [4.69, 9.17) is 11.6 Å². The third-order valence-corrected chi connectivity index (χ3v) is 2.75. The minimum absolute atomic E-state index is 0.156. The van der Waals surface area contributed by atoms with Crippen LogP contribution in [0.1, 0.15) is 26.0 Å². The lowest BCUT2D eigenvalue weighted by atomic mass is 10.2. The van der Waals surface area contributed by atoms with Crippen molar-refractivity contribution in [1.29, 1.82) is 0 Å². The highest BCUT2D eigenvalue weighted by molar-refractivity contribution is 6.20. The van der Waals surface area contributed by atoms with Crippen molar-refractivity contribution in [2.75, 3.05) is 5.32 Å². The predicted octanol–water partition coefficient (Wildman–Crippen LogP) is 2.86. The molecule has 0 aromatic carbocycles. The van der Waals surface area contributed by atoms with Crippen LogP contribution in [0.5, 0.6) is 0 Å². The summed E-state index contributed by atoms with van der Waals surface area (Å²) in [5.74, 6) is 0.859. The number of anilines is 1. The Balaban J connectivity index is 2.23. The Morgan fingerprint density at radius 1 is 1.47 bits per heavy atom. The Labute approximate surface area is 106 Å². The number of hydrogen-bond donors (Lipinski definition) is 1. The molecule has 0 fully saturated rings. The summed E-state index contributed by atoms with van der Waals surface area (Å²) in [4.78, 5) is 4.35. The van der Waals surface area contributed by atoms with Gasteiger partial charge in [-0.1, -0.05) is 0 Å². The lowest BCUT2D eigenvalue weighted by molar-refractivity contribution is 0.693. The first-order valence-corrected chi connectivity index (χ1v) is 6.21. The Hall–Kier alpha value is -1.29. The SMILES string of the molecule is Cc1cc2c(NC(C)CC(C)Cl)nccn2n1. The Bertz CT molecular complexity index is 506. The van der Waals surface area contributed by atoms with Gasteiger partial charge in [-0.3, -0.25) is 0 Å². The smallest absolute Gasteiger partial charge is 0.152 e. The van der Waals surface area contributed by atoms with Gasteiger partial charge in [-0.2, -0.15) is 5.10 Å². The molecule has 2 atom stereocenters.